The van der Waals surface area contributed by atoms with Crippen molar-refractivity contribution in [3.8, 4) is 0 Å². The number of aromatic nitrogens is 1. The quantitative estimate of drug-likeness (QED) is 0.844. The fourth-order valence-electron chi connectivity index (χ4n) is 1.54. The number of nitrogens with one attached hydrogen (secondary N) is 1. The smallest absolute Gasteiger partial charge is 0.143 e. The lowest BCUT2D eigenvalue weighted by atomic mass is 10.1. The average Bonchev–Trinajstić information content (AvgIpc) is 2.51. The van der Waals surface area contributed by atoms with Crippen LogP contribution in [0.2, 0.25) is 5.02 Å². The highest BCUT2D eigenvalue weighted by Crippen LogP contribution is 2.25. The second kappa shape index (κ2) is 4.84. The molecule has 0 amide bonds. The summed E-state index contributed by atoms with van der Waals surface area (Å²) in [4.78, 5) is 2.99. The summed E-state index contributed by atoms with van der Waals surface area (Å²) in [5, 5.41) is 1.09. The molecule has 82 valence electrons. The summed E-state index contributed by atoms with van der Waals surface area (Å²) < 4.78 is 13.1. The van der Waals surface area contributed by atoms with Crippen molar-refractivity contribution in [1.29, 1.82) is 0 Å². The van der Waals surface area contributed by atoms with Crippen molar-refractivity contribution in [2.45, 2.75) is 6.42 Å². The first kappa shape index (κ1) is 12.3. The Morgan fingerprint density at radius 1 is 1.40 bits per heavy atom. The number of fused-ring (bicyclic) bond motifs is 1. The predicted molar refractivity (Wildman–Crippen MR) is 63.3 cm³/mol. The molecule has 0 aliphatic heterocycles. The van der Waals surface area contributed by atoms with Crippen LogP contribution in [0, 0.1) is 5.82 Å². The average molecular weight is 249 g/mol. The van der Waals surface area contributed by atoms with Crippen LogP contribution in [-0.4, -0.2) is 11.5 Å². The maximum atomic E-state index is 13.1. The van der Waals surface area contributed by atoms with Crippen LogP contribution in [0.3, 0.4) is 0 Å². The van der Waals surface area contributed by atoms with E-state index in [1.54, 1.807) is 6.07 Å². The molecule has 0 saturated heterocycles. The number of halogens is 3. The maximum Gasteiger partial charge on any atom is 0.143 e. The van der Waals surface area contributed by atoms with Gasteiger partial charge in [-0.1, -0.05) is 11.6 Å². The van der Waals surface area contributed by atoms with Crippen molar-refractivity contribution < 1.29 is 4.39 Å². The van der Waals surface area contributed by atoms with Gasteiger partial charge in [-0.3, -0.25) is 0 Å². The summed E-state index contributed by atoms with van der Waals surface area (Å²) in [7, 11) is 0. The van der Waals surface area contributed by atoms with Crippen LogP contribution in [0.5, 0.6) is 0 Å². The fraction of sp³-hybridized carbons (Fsp3) is 0.200. The van der Waals surface area contributed by atoms with Gasteiger partial charge in [-0.05, 0) is 30.7 Å². The molecule has 1 aromatic heterocycles. The molecule has 2 aromatic rings. The summed E-state index contributed by atoms with van der Waals surface area (Å²) in [5.41, 5.74) is 7.29. The fourth-order valence-corrected chi connectivity index (χ4v) is 1.70. The summed E-state index contributed by atoms with van der Waals surface area (Å²) >= 11 is 5.70. The van der Waals surface area contributed by atoms with E-state index in [0.717, 1.165) is 22.9 Å². The first-order valence-electron chi connectivity index (χ1n) is 4.37. The summed E-state index contributed by atoms with van der Waals surface area (Å²) in [5.74, 6) is -0.402. The number of H-pyrrole nitrogens is 1. The van der Waals surface area contributed by atoms with E-state index in [2.05, 4.69) is 4.98 Å². The highest BCUT2D eigenvalue weighted by atomic mass is 35.5. The van der Waals surface area contributed by atoms with Gasteiger partial charge in [0.1, 0.15) is 5.82 Å². The molecule has 0 bridgehead atoms. The minimum Gasteiger partial charge on any atom is -0.361 e. The monoisotopic (exact) mass is 248 g/mol. The topological polar surface area (TPSA) is 41.8 Å². The van der Waals surface area contributed by atoms with Crippen LogP contribution in [0.15, 0.2) is 18.3 Å². The Balaban J connectivity index is 0.00000112. The molecule has 0 atom stereocenters. The lowest BCUT2D eigenvalue weighted by molar-refractivity contribution is 0.630. The molecule has 15 heavy (non-hydrogen) atoms. The molecule has 0 unspecified atom stereocenters. The number of rotatable bonds is 2. The molecule has 2 nitrogen and oxygen atoms in total. The molecule has 2 rings (SSSR count). The second-order valence-corrected chi connectivity index (χ2v) is 3.57. The molecule has 0 spiro atoms. The maximum absolute atomic E-state index is 13.1. The van der Waals surface area contributed by atoms with Crippen LogP contribution in [0.1, 0.15) is 5.56 Å². The SMILES string of the molecule is Cl.NCCc1c[nH]c2cc(F)c(Cl)cc12. The number of nitrogens with two attached hydrogens (primary N) is 1. The van der Waals surface area contributed by atoms with E-state index in [1.165, 1.54) is 6.07 Å². The first-order valence-corrected chi connectivity index (χ1v) is 4.75. The Morgan fingerprint density at radius 2 is 2.13 bits per heavy atom. The summed E-state index contributed by atoms with van der Waals surface area (Å²) in [6.45, 7) is 0.571. The second-order valence-electron chi connectivity index (χ2n) is 3.16. The lowest BCUT2D eigenvalue weighted by Gasteiger charge is -1.97. The lowest BCUT2D eigenvalue weighted by Crippen LogP contribution is -2.01. The third kappa shape index (κ3) is 2.25. The van der Waals surface area contributed by atoms with Crippen LogP contribution in [-0.2, 0) is 6.42 Å². The van der Waals surface area contributed by atoms with Crippen molar-refractivity contribution >= 4 is 34.9 Å². The van der Waals surface area contributed by atoms with E-state index < -0.39 is 5.82 Å². The minimum atomic E-state index is -0.402. The molecule has 3 N–H and O–H groups in total. The van der Waals surface area contributed by atoms with E-state index in [0.29, 0.717) is 6.54 Å². The van der Waals surface area contributed by atoms with Gasteiger partial charge < -0.3 is 10.7 Å². The number of benzene rings is 1. The zero-order valence-corrected chi connectivity index (χ0v) is 9.46. The third-order valence-corrected chi connectivity index (χ3v) is 2.51. The van der Waals surface area contributed by atoms with Gasteiger partial charge in [0.2, 0.25) is 0 Å². The molecular weight excluding hydrogens is 238 g/mol. The van der Waals surface area contributed by atoms with Crippen LogP contribution in [0.4, 0.5) is 4.39 Å². The Kier molecular flexibility index (Phi) is 3.97. The summed E-state index contributed by atoms with van der Waals surface area (Å²) in [6, 6.07) is 3.03. The number of hydrogen-bond donors (Lipinski definition) is 2. The highest BCUT2D eigenvalue weighted by molar-refractivity contribution is 6.31. The van der Waals surface area contributed by atoms with Gasteiger partial charge in [0.15, 0.2) is 0 Å². The Hall–Kier alpha value is -0.770. The Labute approximate surface area is 98.0 Å². The van der Waals surface area contributed by atoms with Crippen LogP contribution in [0.25, 0.3) is 10.9 Å². The molecule has 5 heteroatoms. The van der Waals surface area contributed by atoms with Crippen molar-refractivity contribution in [2.75, 3.05) is 6.54 Å². The first-order chi connectivity index (χ1) is 6.72. The molecule has 0 fully saturated rings. The van der Waals surface area contributed by atoms with Gasteiger partial charge in [0.25, 0.3) is 0 Å². The molecule has 1 aromatic carbocycles. The van der Waals surface area contributed by atoms with Gasteiger partial charge in [-0.15, -0.1) is 12.4 Å². The number of aromatic amines is 1. The van der Waals surface area contributed by atoms with Crippen molar-refractivity contribution in [3.05, 3.63) is 34.7 Å². The van der Waals surface area contributed by atoms with E-state index >= 15 is 0 Å². The summed E-state index contributed by atoms with van der Waals surface area (Å²) in [6.07, 6.45) is 2.61. The Morgan fingerprint density at radius 3 is 2.80 bits per heavy atom. The van der Waals surface area contributed by atoms with Crippen molar-refractivity contribution in [1.82, 2.24) is 4.98 Å². The van der Waals surface area contributed by atoms with E-state index in [4.69, 9.17) is 17.3 Å². The molecule has 0 aliphatic rings. The zero-order chi connectivity index (χ0) is 10.1. The largest absolute Gasteiger partial charge is 0.361 e. The molecule has 1 heterocycles. The molecule has 0 radical (unpaired) electrons. The minimum absolute atomic E-state index is 0. The number of hydrogen-bond acceptors (Lipinski definition) is 1. The van der Waals surface area contributed by atoms with Crippen LogP contribution < -0.4 is 5.73 Å². The normalized spacial score (nSPS) is 10.3. The van der Waals surface area contributed by atoms with Gasteiger partial charge in [-0.2, -0.15) is 0 Å². The van der Waals surface area contributed by atoms with E-state index in [1.807, 2.05) is 6.20 Å². The van der Waals surface area contributed by atoms with Gasteiger partial charge in [0, 0.05) is 17.1 Å². The standard InChI is InChI=1S/C10H10ClFN2.ClH/c11-8-3-7-6(1-2-13)5-14-10(7)4-9(8)12;/h3-5,14H,1-2,13H2;1H. The van der Waals surface area contributed by atoms with E-state index in [-0.39, 0.29) is 17.4 Å². The van der Waals surface area contributed by atoms with Gasteiger partial charge in [-0.25, -0.2) is 4.39 Å². The third-order valence-electron chi connectivity index (χ3n) is 2.22. The van der Waals surface area contributed by atoms with Crippen molar-refractivity contribution in [3.63, 3.8) is 0 Å². The van der Waals surface area contributed by atoms with Gasteiger partial charge >= 0.3 is 0 Å². The molecule has 0 saturated carbocycles. The van der Waals surface area contributed by atoms with Crippen LogP contribution >= 0.6 is 24.0 Å². The van der Waals surface area contributed by atoms with Crippen molar-refractivity contribution in [2.24, 2.45) is 5.73 Å². The predicted octanol–water partition coefficient (Wildman–Crippen LogP) is 2.88. The molecular formula is C10H11Cl2FN2. The van der Waals surface area contributed by atoms with Gasteiger partial charge in [0.05, 0.1) is 5.02 Å². The Bertz CT molecular complexity index is 468. The zero-order valence-electron chi connectivity index (χ0n) is 7.89. The highest BCUT2D eigenvalue weighted by Gasteiger charge is 2.07. The molecule has 0 aliphatic carbocycles. The van der Waals surface area contributed by atoms with E-state index in [9.17, 15) is 4.39 Å².